The van der Waals surface area contributed by atoms with Crippen molar-refractivity contribution < 1.29 is 37.9 Å². The molecule has 10 heteroatoms. The second kappa shape index (κ2) is 49.2. The number of carbonyl (C=O) groups excluding carboxylic acids is 2. The number of nitrogens with one attached hydrogen (secondary N) is 1. The van der Waals surface area contributed by atoms with Crippen LogP contribution in [0.15, 0.2) is 60.8 Å². The number of unbranched alkanes of at least 4 members (excludes halogenated alkanes) is 25. The van der Waals surface area contributed by atoms with E-state index in [2.05, 4.69) is 79.9 Å². The van der Waals surface area contributed by atoms with Crippen LogP contribution >= 0.6 is 7.82 Å². The Morgan fingerprint density at radius 2 is 0.857 bits per heavy atom. The van der Waals surface area contributed by atoms with Gasteiger partial charge >= 0.3 is 13.8 Å². The SMILES string of the molecule is CCCCC/C=C\C/C=C\C/C=C\C/C=C\CCCCCC(=O)OCC(O)COP(=O)(O)OCCNC(=O)CCCCCCCCCCCCCCC/C=C/CCCCCCCC. The lowest BCUT2D eigenvalue weighted by Gasteiger charge is -2.15. The maximum Gasteiger partial charge on any atom is 0.472 e. The van der Waals surface area contributed by atoms with Crippen molar-refractivity contribution in [2.75, 3.05) is 26.4 Å². The van der Waals surface area contributed by atoms with Gasteiger partial charge in [0.05, 0.1) is 13.2 Å². The molecule has 2 atom stereocenters. The van der Waals surface area contributed by atoms with Gasteiger partial charge in [0.2, 0.25) is 5.91 Å². The van der Waals surface area contributed by atoms with E-state index in [9.17, 15) is 24.2 Å². The quantitative estimate of drug-likeness (QED) is 0.0238. The van der Waals surface area contributed by atoms with Gasteiger partial charge in [-0.05, 0) is 83.5 Å². The van der Waals surface area contributed by atoms with E-state index >= 15 is 0 Å². The number of esters is 1. The number of aliphatic hydroxyl groups excluding tert-OH is 1. The van der Waals surface area contributed by atoms with Gasteiger partial charge in [-0.15, -0.1) is 0 Å². The summed E-state index contributed by atoms with van der Waals surface area (Å²) in [7, 11) is -4.43. The fraction of sp³-hybridized carbons (Fsp3) is 0.774. The van der Waals surface area contributed by atoms with Crippen molar-refractivity contribution in [2.45, 2.75) is 238 Å². The van der Waals surface area contributed by atoms with Crippen LogP contribution in [0.25, 0.3) is 0 Å². The van der Waals surface area contributed by atoms with E-state index in [1.54, 1.807) is 0 Å². The Morgan fingerprint density at radius 1 is 0.492 bits per heavy atom. The Labute approximate surface area is 387 Å². The summed E-state index contributed by atoms with van der Waals surface area (Å²) in [6.45, 7) is 3.51. The van der Waals surface area contributed by atoms with Crippen LogP contribution in [0.5, 0.6) is 0 Å². The number of carbonyl (C=O) groups is 2. The number of hydrogen-bond acceptors (Lipinski definition) is 7. The minimum Gasteiger partial charge on any atom is -0.463 e. The number of ether oxygens (including phenoxy) is 1. The molecule has 0 bridgehead atoms. The second-order valence-corrected chi connectivity index (χ2v) is 18.6. The van der Waals surface area contributed by atoms with E-state index in [0.717, 1.165) is 57.8 Å². The summed E-state index contributed by atoms with van der Waals surface area (Å²) < 4.78 is 27.0. The number of aliphatic hydroxyl groups is 1. The Morgan fingerprint density at radius 3 is 1.35 bits per heavy atom. The highest BCUT2D eigenvalue weighted by Gasteiger charge is 2.23. The molecule has 366 valence electrons. The molecule has 0 rings (SSSR count). The lowest BCUT2D eigenvalue weighted by Crippen LogP contribution is -2.27. The number of amides is 1. The zero-order valence-corrected chi connectivity index (χ0v) is 41.4. The van der Waals surface area contributed by atoms with Crippen molar-refractivity contribution in [3.8, 4) is 0 Å². The number of hydrogen-bond donors (Lipinski definition) is 3. The first kappa shape index (κ1) is 60.7. The van der Waals surface area contributed by atoms with Crippen LogP contribution in [0.4, 0.5) is 0 Å². The van der Waals surface area contributed by atoms with Gasteiger partial charge in [-0.2, -0.15) is 0 Å². The van der Waals surface area contributed by atoms with Crippen LogP contribution in [0.2, 0.25) is 0 Å². The Hall–Kier alpha value is -2.29. The predicted molar refractivity (Wildman–Crippen MR) is 266 cm³/mol. The molecule has 0 aromatic rings. The van der Waals surface area contributed by atoms with Crippen LogP contribution in [-0.4, -0.2) is 54.3 Å². The van der Waals surface area contributed by atoms with Crippen molar-refractivity contribution in [3.05, 3.63) is 60.8 Å². The molecule has 0 aliphatic heterocycles. The number of phosphoric ester groups is 1. The number of rotatable bonds is 48. The van der Waals surface area contributed by atoms with Crippen LogP contribution in [-0.2, 0) is 27.9 Å². The van der Waals surface area contributed by atoms with Crippen molar-refractivity contribution >= 4 is 19.7 Å². The fourth-order valence-corrected chi connectivity index (χ4v) is 7.76. The normalized spacial score (nSPS) is 13.7. The van der Waals surface area contributed by atoms with Gasteiger partial charge in [0.1, 0.15) is 12.7 Å². The minimum absolute atomic E-state index is 0.0766. The Balaban J connectivity index is 3.59. The maximum absolute atomic E-state index is 12.1. The highest BCUT2D eigenvalue weighted by Crippen LogP contribution is 2.42. The molecule has 0 aromatic heterocycles. The molecular formula is C53H96NO8P. The third-order valence-corrected chi connectivity index (χ3v) is 11.9. The zero-order valence-electron chi connectivity index (χ0n) is 40.5. The monoisotopic (exact) mass is 906 g/mol. The molecule has 9 nitrogen and oxygen atoms in total. The van der Waals surface area contributed by atoms with Crippen LogP contribution in [0.1, 0.15) is 232 Å². The average molecular weight is 906 g/mol. The smallest absolute Gasteiger partial charge is 0.463 e. The highest BCUT2D eigenvalue weighted by molar-refractivity contribution is 7.47. The molecule has 1 amide bonds. The van der Waals surface area contributed by atoms with Crippen LogP contribution < -0.4 is 5.32 Å². The summed E-state index contributed by atoms with van der Waals surface area (Å²) in [5.41, 5.74) is 0. The Kier molecular flexibility index (Phi) is 47.4. The van der Waals surface area contributed by atoms with E-state index in [1.807, 2.05) is 0 Å². The van der Waals surface area contributed by atoms with Crippen molar-refractivity contribution in [2.24, 2.45) is 0 Å². The summed E-state index contributed by atoms with van der Waals surface area (Å²) >= 11 is 0. The molecule has 63 heavy (non-hydrogen) atoms. The third-order valence-electron chi connectivity index (χ3n) is 10.9. The summed E-state index contributed by atoms with van der Waals surface area (Å²) in [6.07, 6.45) is 60.2. The molecule has 0 heterocycles. The minimum atomic E-state index is -4.43. The van der Waals surface area contributed by atoms with Crippen LogP contribution in [0, 0.1) is 0 Å². The first-order valence-electron chi connectivity index (χ1n) is 25.8. The Bertz CT molecular complexity index is 1220. The first-order valence-corrected chi connectivity index (χ1v) is 27.3. The summed E-state index contributed by atoms with van der Waals surface area (Å²) in [4.78, 5) is 34.1. The predicted octanol–water partition coefficient (Wildman–Crippen LogP) is 15.2. The van der Waals surface area contributed by atoms with Crippen LogP contribution in [0.3, 0.4) is 0 Å². The van der Waals surface area contributed by atoms with E-state index in [4.69, 9.17) is 13.8 Å². The number of phosphoric acid groups is 1. The summed E-state index contributed by atoms with van der Waals surface area (Å²) in [6, 6.07) is 0. The van der Waals surface area contributed by atoms with Gasteiger partial charge in [0, 0.05) is 19.4 Å². The molecule has 0 saturated carbocycles. The lowest BCUT2D eigenvalue weighted by atomic mass is 10.0. The zero-order chi connectivity index (χ0) is 46.0. The molecule has 0 aliphatic carbocycles. The van der Waals surface area contributed by atoms with Crippen molar-refractivity contribution in [3.63, 3.8) is 0 Å². The standard InChI is InChI=1S/C53H96NO8P/c1-3-5-7-9-11-13-15-17-19-21-23-24-25-26-28-29-31-33-35-37-39-41-43-45-52(56)54-47-48-61-63(58,59)62-50-51(55)49-60-53(57)46-44-42-40-38-36-34-32-30-27-22-20-18-16-14-12-10-8-6-4-2/h12,14,17-20,27,30,34,36,51,55H,3-11,13,15-16,21-26,28-29,31-33,35,37-50H2,1-2H3,(H,54,56)(H,58,59)/b14-12-,19-17+,20-18-,30-27-,36-34-. The third kappa shape index (κ3) is 50.6. The van der Waals surface area contributed by atoms with Gasteiger partial charge < -0.3 is 20.1 Å². The molecule has 0 radical (unpaired) electrons. The largest absolute Gasteiger partial charge is 0.472 e. The van der Waals surface area contributed by atoms with Gasteiger partial charge in [-0.1, -0.05) is 197 Å². The van der Waals surface area contributed by atoms with Gasteiger partial charge in [0.25, 0.3) is 0 Å². The number of allylic oxidation sites excluding steroid dienone is 10. The van der Waals surface area contributed by atoms with E-state index < -0.39 is 26.5 Å². The molecule has 0 aromatic carbocycles. The molecule has 0 spiro atoms. The van der Waals surface area contributed by atoms with Gasteiger partial charge in [-0.3, -0.25) is 18.6 Å². The first-order chi connectivity index (χ1) is 30.8. The maximum atomic E-state index is 12.1. The van der Waals surface area contributed by atoms with Crippen molar-refractivity contribution in [1.82, 2.24) is 5.32 Å². The summed E-state index contributed by atoms with van der Waals surface area (Å²) in [5.74, 6) is -0.545. The molecule has 0 fully saturated rings. The molecule has 2 unspecified atom stereocenters. The topological polar surface area (TPSA) is 131 Å². The van der Waals surface area contributed by atoms with Crippen molar-refractivity contribution in [1.29, 1.82) is 0 Å². The van der Waals surface area contributed by atoms with E-state index in [-0.39, 0.29) is 32.1 Å². The van der Waals surface area contributed by atoms with Gasteiger partial charge in [-0.25, -0.2) is 4.57 Å². The van der Waals surface area contributed by atoms with E-state index in [1.165, 1.54) is 141 Å². The second-order valence-electron chi connectivity index (χ2n) is 17.1. The molecule has 0 aliphatic rings. The molecule has 0 saturated heterocycles. The summed E-state index contributed by atoms with van der Waals surface area (Å²) in [5, 5.41) is 12.7. The fourth-order valence-electron chi connectivity index (χ4n) is 7.01. The highest BCUT2D eigenvalue weighted by atomic mass is 31.2. The van der Waals surface area contributed by atoms with E-state index in [0.29, 0.717) is 12.8 Å². The lowest BCUT2D eigenvalue weighted by molar-refractivity contribution is -0.147. The van der Waals surface area contributed by atoms with Gasteiger partial charge in [0.15, 0.2) is 0 Å². The molecule has 3 N–H and O–H groups in total. The average Bonchev–Trinajstić information content (AvgIpc) is 3.27. The molecular weight excluding hydrogens is 810 g/mol.